The van der Waals surface area contributed by atoms with Crippen molar-refractivity contribution < 1.29 is 18.6 Å². The molecule has 1 aliphatic carbocycles. The average Bonchev–Trinajstić information content (AvgIpc) is 3.15. The molecule has 1 aliphatic heterocycles. The smallest absolute Gasteiger partial charge is 0.224 e. The average molecular weight is 459 g/mol. The summed E-state index contributed by atoms with van der Waals surface area (Å²) in [6, 6.07) is 3.66. The first-order valence-electron chi connectivity index (χ1n) is 11.4. The highest BCUT2D eigenvalue weighted by Gasteiger charge is 2.29. The monoisotopic (exact) mass is 458 g/mol. The van der Waals surface area contributed by atoms with E-state index >= 15 is 0 Å². The molecule has 33 heavy (non-hydrogen) atoms. The van der Waals surface area contributed by atoms with Crippen LogP contribution in [0.2, 0.25) is 0 Å². The number of aromatic nitrogens is 4. The topological polar surface area (TPSA) is 97.1 Å². The maximum absolute atomic E-state index is 14.3. The van der Waals surface area contributed by atoms with Crippen molar-refractivity contribution in [3.8, 4) is 0 Å². The third kappa shape index (κ3) is 4.77. The molecule has 1 saturated heterocycles. The molecule has 2 fully saturated rings. The zero-order valence-electron chi connectivity index (χ0n) is 18.5. The number of rotatable bonds is 5. The van der Waals surface area contributed by atoms with Crippen molar-refractivity contribution in [1.82, 2.24) is 19.5 Å². The molecule has 0 unspecified atom stereocenters. The van der Waals surface area contributed by atoms with Crippen molar-refractivity contribution in [2.75, 3.05) is 23.8 Å². The van der Waals surface area contributed by atoms with Crippen molar-refractivity contribution >= 4 is 28.7 Å². The molecule has 0 amide bonds. The summed E-state index contributed by atoms with van der Waals surface area (Å²) in [4.78, 5) is 13.8. The minimum Gasteiger partial charge on any atom is -0.390 e. The first-order chi connectivity index (χ1) is 15.9. The summed E-state index contributed by atoms with van der Waals surface area (Å²) >= 11 is 0. The molecule has 3 N–H and O–H groups in total. The number of anilines is 3. The predicted octanol–water partition coefficient (Wildman–Crippen LogP) is 4.31. The van der Waals surface area contributed by atoms with Crippen LogP contribution in [0.5, 0.6) is 0 Å². The van der Waals surface area contributed by atoms with Crippen LogP contribution in [0.25, 0.3) is 11.2 Å². The van der Waals surface area contributed by atoms with E-state index in [1.807, 2.05) is 11.5 Å². The summed E-state index contributed by atoms with van der Waals surface area (Å²) in [5.74, 6) is -0.395. The quantitative estimate of drug-likeness (QED) is 0.524. The van der Waals surface area contributed by atoms with Gasteiger partial charge in [0, 0.05) is 31.4 Å². The maximum Gasteiger partial charge on any atom is 0.224 e. The number of fused-ring (bicyclic) bond motifs is 1. The molecule has 1 aromatic carbocycles. The van der Waals surface area contributed by atoms with Gasteiger partial charge in [-0.05, 0) is 57.6 Å². The molecule has 176 valence electrons. The van der Waals surface area contributed by atoms with Gasteiger partial charge in [0.25, 0.3) is 0 Å². The van der Waals surface area contributed by atoms with Crippen molar-refractivity contribution in [3.05, 3.63) is 36.0 Å². The van der Waals surface area contributed by atoms with Gasteiger partial charge in [0.2, 0.25) is 11.9 Å². The Kier molecular flexibility index (Phi) is 5.88. The fourth-order valence-electron chi connectivity index (χ4n) is 4.62. The Morgan fingerprint density at radius 3 is 2.61 bits per heavy atom. The Labute approximate surface area is 190 Å². The highest BCUT2D eigenvalue weighted by molar-refractivity contribution is 5.76. The van der Waals surface area contributed by atoms with Crippen LogP contribution in [0.15, 0.2) is 24.4 Å². The van der Waals surface area contributed by atoms with E-state index in [0.717, 1.165) is 44.6 Å². The Balaban J connectivity index is 1.47. The number of aliphatic hydroxyl groups is 1. The van der Waals surface area contributed by atoms with E-state index in [1.165, 1.54) is 12.1 Å². The third-order valence-electron chi connectivity index (χ3n) is 6.56. The highest BCUT2D eigenvalue weighted by Crippen LogP contribution is 2.33. The van der Waals surface area contributed by atoms with Crippen molar-refractivity contribution in [1.29, 1.82) is 0 Å². The minimum absolute atomic E-state index is 0.0716. The predicted molar refractivity (Wildman–Crippen MR) is 121 cm³/mol. The lowest BCUT2D eigenvalue weighted by atomic mass is 9.84. The molecule has 3 heterocycles. The number of ether oxygens (including phenoxy) is 1. The van der Waals surface area contributed by atoms with E-state index in [9.17, 15) is 13.9 Å². The normalized spacial score (nSPS) is 24.2. The summed E-state index contributed by atoms with van der Waals surface area (Å²) in [7, 11) is 0. The highest BCUT2D eigenvalue weighted by atomic mass is 19.1. The molecule has 0 radical (unpaired) electrons. The lowest BCUT2D eigenvalue weighted by molar-refractivity contribution is 0.0195. The number of imidazole rings is 1. The molecular formula is C23H28F2N6O2. The second kappa shape index (κ2) is 8.83. The lowest BCUT2D eigenvalue weighted by Crippen LogP contribution is -2.36. The van der Waals surface area contributed by atoms with Crippen LogP contribution in [-0.2, 0) is 4.74 Å². The number of hydrogen-bond donors (Lipinski definition) is 3. The van der Waals surface area contributed by atoms with Gasteiger partial charge in [0.1, 0.15) is 17.2 Å². The van der Waals surface area contributed by atoms with Gasteiger partial charge in [-0.2, -0.15) is 4.98 Å². The molecule has 5 rings (SSSR count). The second-order valence-corrected chi connectivity index (χ2v) is 9.22. The Hall–Kier alpha value is -2.85. The number of nitrogens with zero attached hydrogens (tertiary/aromatic N) is 4. The van der Waals surface area contributed by atoms with Crippen LogP contribution in [-0.4, -0.2) is 49.5 Å². The molecular weight excluding hydrogens is 430 g/mol. The molecule has 2 aliphatic rings. The fraction of sp³-hybridized carbons (Fsp3) is 0.522. The van der Waals surface area contributed by atoms with Gasteiger partial charge < -0.3 is 20.5 Å². The van der Waals surface area contributed by atoms with Crippen LogP contribution in [0.4, 0.5) is 26.4 Å². The van der Waals surface area contributed by atoms with Gasteiger partial charge in [-0.1, -0.05) is 0 Å². The van der Waals surface area contributed by atoms with Crippen LogP contribution >= 0.6 is 0 Å². The second-order valence-electron chi connectivity index (χ2n) is 9.22. The van der Waals surface area contributed by atoms with Crippen LogP contribution in [0.1, 0.15) is 51.5 Å². The largest absolute Gasteiger partial charge is 0.390 e. The zero-order valence-corrected chi connectivity index (χ0v) is 18.5. The molecule has 0 atom stereocenters. The van der Waals surface area contributed by atoms with E-state index in [4.69, 9.17) is 9.72 Å². The minimum atomic E-state index is -0.692. The van der Waals surface area contributed by atoms with Gasteiger partial charge in [0.15, 0.2) is 5.65 Å². The summed E-state index contributed by atoms with van der Waals surface area (Å²) in [6.07, 6.45) is 6.34. The Morgan fingerprint density at radius 2 is 1.88 bits per heavy atom. The fourth-order valence-corrected chi connectivity index (χ4v) is 4.62. The Bertz CT molecular complexity index is 1140. The van der Waals surface area contributed by atoms with E-state index in [0.29, 0.717) is 36.3 Å². The van der Waals surface area contributed by atoms with Crippen LogP contribution in [0.3, 0.4) is 0 Å². The summed E-state index contributed by atoms with van der Waals surface area (Å²) in [5, 5.41) is 16.6. The lowest BCUT2D eigenvalue weighted by Gasteiger charge is -2.33. The van der Waals surface area contributed by atoms with Gasteiger partial charge in [0.05, 0.1) is 17.5 Å². The van der Waals surface area contributed by atoms with Crippen molar-refractivity contribution in [2.24, 2.45) is 0 Å². The van der Waals surface area contributed by atoms with Crippen molar-refractivity contribution in [2.45, 2.75) is 63.1 Å². The number of benzene rings is 1. The maximum atomic E-state index is 14.3. The first kappa shape index (κ1) is 22.0. The van der Waals surface area contributed by atoms with Gasteiger partial charge in [-0.3, -0.25) is 4.57 Å². The molecule has 1 saturated carbocycles. The van der Waals surface area contributed by atoms with E-state index in [2.05, 4.69) is 20.6 Å². The summed E-state index contributed by atoms with van der Waals surface area (Å²) < 4.78 is 35.2. The van der Waals surface area contributed by atoms with Crippen LogP contribution in [0, 0.1) is 11.6 Å². The molecule has 2 aromatic heterocycles. The standard InChI is InChI=1S/C23H28F2N6O2/c1-23(32)8-4-15(5-9-23)27-21-26-13-19-20(30-21)31(16-6-10-33-11-7-16)22(29-19)28-18-3-2-14(24)12-17(18)25/h2-3,12-13,15-16,32H,4-11H2,1H3,(H,28,29)(H,26,27,30). The van der Waals surface area contributed by atoms with E-state index < -0.39 is 17.2 Å². The number of hydrogen-bond acceptors (Lipinski definition) is 7. The number of halogens is 2. The molecule has 0 spiro atoms. The zero-order chi connectivity index (χ0) is 23.0. The van der Waals surface area contributed by atoms with Gasteiger partial charge in [-0.15, -0.1) is 0 Å². The molecule has 10 heteroatoms. The van der Waals surface area contributed by atoms with Crippen molar-refractivity contribution in [3.63, 3.8) is 0 Å². The molecule has 8 nitrogen and oxygen atoms in total. The summed E-state index contributed by atoms with van der Waals surface area (Å²) in [5.41, 5.74) is 0.761. The molecule has 3 aromatic rings. The first-order valence-corrected chi connectivity index (χ1v) is 11.4. The number of nitrogens with one attached hydrogen (secondary N) is 2. The van der Waals surface area contributed by atoms with Gasteiger partial charge in [-0.25, -0.2) is 18.7 Å². The van der Waals surface area contributed by atoms with E-state index in [-0.39, 0.29) is 17.8 Å². The van der Waals surface area contributed by atoms with E-state index in [1.54, 1.807) is 6.20 Å². The summed E-state index contributed by atoms with van der Waals surface area (Å²) in [6.45, 7) is 3.11. The Morgan fingerprint density at radius 1 is 1.12 bits per heavy atom. The van der Waals surface area contributed by atoms with Gasteiger partial charge >= 0.3 is 0 Å². The SMILES string of the molecule is CC1(O)CCC(Nc2ncc3nc(Nc4ccc(F)cc4F)n(C4CCOCC4)c3n2)CC1. The molecule has 0 bridgehead atoms. The third-order valence-corrected chi connectivity index (χ3v) is 6.56. The van der Waals surface area contributed by atoms with Crippen LogP contribution < -0.4 is 10.6 Å².